The number of nitrogens with one attached hydrogen (secondary N) is 1. The third-order valence-corrected chi connectivity index (χ3v) is 4.09. The van der Waals surface area contributed by atoms with Crippen molar-refractivity contribution in [1.29, 1.82) is 0 Å². The summed E-state index contributed by atoms with van der Waals surface area (Å²) in [5.41, 5.74) is 0.859. The molecule has 1 saturated heterocycles. The number of hydrogen-bond donors (Lipinski definition) is 1. The number of nitrogens with zero attached hydrogens (tertiary/aromatic N) is 1. The van der Waals surface area contributed by atoms with Crippen molar-refractivity contribution >= 4 is 0 Å². The predicted molar refractivity (Wildman–Crippen MR) is 70.8 cm³/mol. The Morgan fingerprint density at radius 2 is 2.00 bits per heavy atom. The van der Waals surface area contributed by atoms with Gasteiger partial charge in [0.2, 0.25) is 0 Å². The SMILES string of the molecule is Fc1ccc(CN2CCCC2CNC2CC2)cc1F. The van der Waals surface area contributed by atoms with Crippen LogP contribution in [-0.2, 0) is 6.54 Å². The molecule has 0 bridgehead atoms. The van der Waals surface area contributed by atoms with Gasteiger partial charge in [0.15, 0.2) is 11.6 Å². The minimum atomic E-state index is -0.767. The van der Waals surface area contributed by atoms with Crippen molar-refractivity contribution in [2.45, 2.75) is 44.3 Å². The molecule has 0 aromatic heterocycles. The minimum absolute atomic E-state index is 0.536. The first kappa shape index (κ1) is 13.0. The summed E-state index contributed by atoms with van der Waals surface area (Å²) >= 11 is 0. The maximum Gasteiger partial charge on any atom is 0.159 e. The van der Waals surface area contributed by atoms with E-state index in [4.69, 9.17) is 0 Å². The second-order valence-electron chi connectivity index (χ2n) is 5.70. The molecule has 1 atom stereocenters. The zero-order valence-electron chi connectivity index (χ0n) is 11.0. The van der Waals surface area contributed by atoms with Crippen molar-refractivity contribution in [3.8, 4) is 0 Å². The average Bonchev–Trinajstić information content (AvgIpc) is 3.12. The van der Waals surface area contributed by atoms with Crippen molar-refractivity contribution in [2.75, 3.05) is 13.1 Å². The first-order chi connectivity index (χ1) is 9.22. The highest BCUT2D eigenvalue weighted by molar-refractivity contribution is 5.18. The lowest BCUT2D eigenvalue weighted by Gasteiger charge is -2.25. The third kappa shape index (κ3) is 3.31. The Balaban J connectivity index is 1.58. The molecule has 1 aromatic carbocycles. The Bertz CT molecular complexity index is 446. The van der Waals surface area contributed by atoms with E-state index in [1.807, 2.05) is 0 Å². The van der Waals surface area contributed by atoms with Gasteiger partial charge in [-0.15, -0.1) is 0 Å². The van der Waals surface area contributed by atoms with Crippen LogP contribution in [0.15, 0.2) is 18.2 Å². The van der Waals surface area contributed by atoms with Gasteiger partial charge in [-0.1, -0.05) is 6.07 Å². The van der Waals surface area contributed by atoms with E-state index in [9.17, 15) is 8.78 Å². The van der Waals surface area contributed by atoms with Crippen molar-refractivity contribution in [3.63, 3.8) is 0 Å². The first-order valence-corrected chi connectivity index (χ1v) is 7.14. The molecule has 1 unspecified atom stereocenters. The molecule has 1 saturated carbocycles. The fourth-order valence-corrected chi connectivity index (χ4v) is 2.80. The number of benzene rings is 1. The summed E-state index contributed by atoms with van der Waals surface area (Å²) in [5.74, 6) is -1.51. The predicted octanol–water partition coefficient (Wildman–Crippen LogP) is 2.68. The van der Waals surface area contributed by atoms with Gasteiger partial charge in [0.25, 0.3) is 0 Å². The molecule has 2 fully saturated rings. The molecular weight excluding hydrogens is 246 g/mol. The lowest BCUT2D eigenvalue weighted by atomic mass is 10.1. The molecule has 19 heavy (non-hydrogen) atoms. The molecule has 4 heteroatoms. The standard InChI is InChI=1S/C15H20F2N2/c16-14-6-3-11(8-15(14)17)10-19-7-1-2-13(19)9-18-12-4-5-12/h3,6,8,12-13,18H,1-2,4-5,7,9-10H2. The Labute approximate surface area is 112 Å². The maximum atomic E-state index is 13.2. The van der Waals surface area contributed by atoms with Crippen LogP contribution >= 0.6 is 0 Å². The highest BCUT2D eigenvalue weighted by atomic mass is 19.2. The van der Waals surface area contributed by atoms with E-state index in [1.54, 1.807) is 6.07 Å². The molecule has 1 aliphatic heterocycles. The molecule has 1 aromatic rings. The van der Waals surface area contributed by atoms with Gasteiger partial charge >= 0.3 is 0 Å². The summed E-state index contributed by atoms with van der Waals surface area (Å²) < 4.78 is 26.1. The molecule has 0 radical (unpaired) electrons. The first-order valence-electron chi connectivity index (χ1n) is 7.14. The topological polar surface area (TPSA) is 15.3 Å². The molecule has 0 spiro atoms. The fourth-order valence-electron chi connectivity index (χ4n) is 2.80. The zero-order chi connectivity index (χ0) is 13.2. The van der Waals surface area contributed by atoms with E-state index in [0.29, 0.717) is 12.6 Å². The van der Waals surface area contributed by atoms with Crippen LogP contribution in [0.3, 0.4) is 0 Å². The van der Waals surface area contributed by atoms with E-state index in [0.717, 1.165) is 24.7 Å². The highest BCUT2D eigenvalue weighted by Crippen LogP contribution is 2.23. The van der Waals surface area contributed by atoms with Gasteiger partial charge in [0.05, 0.1) is 0 Å². The quantitative estimate of drug-likeness (QED) is 0.881. The van der Waals surface area contributed by atoms with Gasteiger partial charge in [-0.25, -0.2) is 8.78 Å². The maximum absolute atomic E-state index is 13.2. The summed E-state index contributed by atoms with van der Waals surface area (Å²) in [6.07, 6.45) is 5.00. The van der Waals surface area contributed by atoms with Gasteiger partial charge in [-0.2, -0.15) is 0 Å². The monoisotopic (exact) mass is 266 g/mol. The smallest absolute Gasteiger partial charge is 0.159 e. The highest BCUT2D eigenvalue weighted by Gasteiger charge is 2.27. The second-order valence-corrected chi connectivity index (χ2v) is 5.70. The Hall–Kier alpha value is -1.00. The van der Waals surface area contributed by atoms with E-state index < -0.39 is 11.6 Å². The molecule has 2 aliphatic rings. The molecule has 3 rings (SSSR count). The van der Waals surface area contributed by atoms with Crippen LogP contribution in [0.5, 0.6) is 0 Å². The van der Waals surface area contributed by atoms with Crippen LogP contribution < -0.4 is 5.32 Å². The summed E-state index contributed by atoms with van der Waals surface area (Å²) in [7, 11) is 0. The van der Waals surface area contributed by atoms with Crippen LogP contribution in [-0.4, -0.2) is 30.1 Å². The van der Waals surface area contributed by atoms with Crippen LogP contribution in [0.25, 0.3) is 0 Å². The number of rotatable bonds is 5. The number of hydrogen-bond acceptors (Lipinski definition) is 2. The molecule has 104 valence electrons. The minimum Gasteiger partial charge on any atom is -0.312 e. The van der Waals surface area contributed by atoms with Crippen LogP contribution in [0.1, 0.15) is 31.2 Å². The number of halogens is 2. The summed E-state index contributed by atoms with van der Waals surface area (Å²) in [6.45, 7) is 2.79. The second kappa shape index (κ2) is 5.55. The molecule has 1 N–H and O–H groups in total. The molecule has 0 amide bonds. The van der Waals surface area contributed by atoms with Gasteiger partial charge in [-0.05, 0) is 49.9 Å². The van der Waals surface area contributed by atoms with Gasteiger partial charge < -0.3 is 5.32 Å². The molecular formula is C15H20F2N2. The van der Waals surface area contributed by atoms with Crippen molar-refractivity contribution in [2.24, 2.45) is 0 Å². The third-order valence-electron chi connectivity index (χ3n) is 4.09. The van der Waals surface area contributed by atoms with Gasteiger partial charge in [0, 0.05) is 25.2 Å². The fraction of sp³-hybridized carbons (Fsp3) is 0.600. The largest absolute Gasteiger partial charge is 0.312 e. The van der Waals surface area contributed by atoms with Crippen molar-refractivity contribution in [3.05, 3.63) is 35.4 Å². The van der Waals surface area contributed by atoms with E-state index in [-0.39, 0.29) is 0 Å². The molecule has 2 nitrogen and oxygen atoms in total. The van der Waals surface area contributed by atoms with Crippen molar-refractivity contribution < 1.29 is 8.78 Å². The van der Waals surface area contributed by atoms with Crippen LogP contribution in [0.4, 0.5) is 8.78 Å². The van der Waals surface area contributed by atoms with Crippen LogP contribution in [0, 0.1) is 11.6 Å². The van der Waals surface area contributed by atoms with E-state index in [1.165, 1.54) is 37.8 Å². The lowest BCUT2D eigenvalue weighted by molar-refractivity contribution is 0.238. The Kier molecular flexibility index (Phi) is 3.80. The van der Waals surface area contributed by atoms with Gasteiger partial charge in [-0.3, -0.25) is 4.90 Å². The summed E-state index contributed by atoms with van der Waals surface area (Å²) in [6, 6.07) is 5.48. The zero-order valence-corrected chi connectivity index (χ0v) is 11.0. The molecule has 1 aliphatic carbocycles. The normalized spacial score (nSPS) is 24.0. The average molecular weight is 266 g/mol. The van der Waals surface area contributed by atoms with E-state index >= 15 is 0 Å². The number of likely N-dealkylation sites (tertiary alicyclic amines) is 1. The molecule has 1 heterocycles. The lowest BCUT2D eigenvalue weighted by Crippen LogP contribution is -2.38. The Morgan fingerprint density at radius 3 is 2.74 bits per heavy atom. The van der Waals surface area contributed by atoms with Crippen LogP contribution in [0.2, 0.25) is 0 Å². The van der Waals surface area contributed by atoms with E-state index in [2.05, 4.69) is 10.2 Å². The summed E-state index contributed by atoms with van der Waals surface area (Å²) in [5, 5.41) is 3.56. The Morgan fingerprint density at radius 1 is 1.16 bits per heavy atom. The summed E-state index contributed by atoms with van der Waals surface area (Å²) in [4.78, 5) is 2.38. The van der Waals surface area contributed by atoms with Gasteiger partial charge in [0.1, 0.15) is 0 Å². The van der Waals surface area contributed by atoms with Crippen molar-refractivity contribution in [1.82, 2.24) is 10.2 Å².